The smallest absolute Gasteiger partial charge is 0.249 e. The average Bonchev–Trinajstić information content (AvgIpc) is 3.08. The maximum atomic E-state index is 12.2. The van der Waals surface area contributed by atoms with Gasteiger partial charge in [-0.25, -0.2) is 0 Å². The predicted molar refractivity (Wildman–Crippen MR) is 130 cm³/mol. The van der Waals surface area contributed by atoms with Gasteiger partial charge in [0.2, 0.25) is 5.91 Å². The minimum Gasteiger partial charge on any atom is -0.507 e. The fraction of sp³-hybridized carbons (Fsp3) is 0.0741. The third kappa shape index (κ3) is 3.39. The summed E-state index contributed by atoms with van der Waals surface area (Å²) in [6.07, 6.45) is 0. The fourth-order valence-corrected chi connectivity index (χ4v) is 4.54. The number of aromatic nitrogens is 1. The number of amides is 1. The molecule has 0 aliphatic carbocycles. The van der Waals surface area contributed by atoms with Crippen LogP contribution in [0.4, 0.5) is 0 Å². The average molecular weight is 441 g/mol. The number of aromatic hydroxyl groups is 1. The third-order valence-corrected chi connectivity index (χ3v) is 6.09. The van der Waals surface area contributed by atoms with Crippen molar-refractivity contribution < 1.29 is 9.90 Å². The lowest BCUT2D eigenvalue weighted by molar-refractivity contribution is 0.100. The Hall–Kier alpha value is -3.76. The first-order valence-electron chi connectivity index (χ1n) is 10.3. The van der Waals surface area contributed by atoms with E-state index >= 15 is 0 Å². The lowest BCUT2D eigenvalue weighted by Gasteiger charge is -2.10. The molecule has 4 nitrogen and oxygen atoms in total. The van der Waals surface area contributed by atoms with E-state index in [0.29, 0.717) is 27.9 Å². The van der Waals surface area contributed by atoms with Crippen molar-refractivity contribution in [2.75, 3.05) is 0 Å². The molecule has 0 atom stereocenters. The number of phenolic OH excluding ortho intramolecular Hbond substituents is 1. The Morgan fingerprint density at radius 1 is 0.906 bits per heavy atom. The molecule has 5 rings (SSSR count). The quantitative estimate of drug-likeness (QED) is 0.345. The van der Waals surface area contributed by atoms with Crippen LogP contribution in [-0.2, 0) is 6.54 Å². The maximum Gasteiger partial charge on any atom is 0.249 e. The first-order valence-corrected chi connectivity index (χ1v) is 10.7. The van der Waals surface area contributed by atoms with Gasteiger partial charge in [-0.05, 0) is 60.0 Å². The molecular weight excluding hydrogens is 420 g/mol. The van der Waals surface area contributed by atoms with Crippen molar-refractivity contribution in [2.24, 2.45) is 5.73 Å². The van der Waals surface area contributed by atoms with Gasteiger partial charge >= 0.3 is 0 Å². The molecule has 0 unspecified atom stereocenters. The second kappa shape index (κ2) is 7.74. The molecule has 1 heterocycles. The molecule has 4 aromatic carbocycles. The van der Waals surface area contributed by atoms with Gasteiger partial charge in [-0.1, -0.05) is 59.6 Å². The third-order valence-electron chi connectivity index (χ3n) is 5.84. The number of phenols is 1. The van der Waals surface area contributed by atoms with E-state index in [1.165, 1.54) is 5.56 Å². The number of nitrogens with zero attached hydrogens (tertiary/aromatic N) is 1. The molecule has 0 saturated carbocycles. The first kappa shape index (κ1) is 20.2. The second-order valence-electron chi connectivity index (χ2n) is 8.04. The zero-order valence-corrected chi connectivity index (χ0v) is 18.2. The van der Waals surface area contributed by atoms with Gasteiger partial charge in [0.25, 0.3) is 0 Å². The highest BCUT2D eigenvalue weighted by Crippen LogP contribution is 2.40. The summed E-state index contributed by atoms with van der Waals surface area (Å²) in [6, 6.07) is 25.0. The standard InChI is InChI=1S/C27H21ClN2O2/c1-16-4-2-5-17(12-16)15-30-22-7-3-6-21(27(29)32)25(22)26-23(30)13-19(14-24(26)31)18-8-10-20(28)11-9-18/h2-14,31H,15H2,1H3,(H2,29,32). The van der Waals surface area contributed by atoms with Crippen LogP contribution >= 0.6 is 11.6 Å². The number of rotatable bonds is 4. The van der Waals surface area contributed by atoms with E-state index in [1.807, 2.05) is 48.5 Å². The molecular formula is C27H21ClN2O2. The minimum absolute atomic E-state index is 0.106. The number of hydrogen-bond donors (Lipinski definition) is 2. The molecule has 158 valence electrons. The van der Waals surface area contributed by atoms with Crippen LogP contribution in [0.3, 0.4) is 0 Å². The summed E-state index contributed by atoms with van der Waals surface area (Å²) in [5.74, 6) is -0.416. The maximum absolute atomic E-state index is 12.2. The monoisotopic (exact) mass is 440 g/mol. The van der Waals surface area contributed by atoms with E-state index in [0.717, 1.165) is 27.7 Å². The summed E-state index contributed by atoms with van der Waals surface area (Å²) in [7, 11) is 0. The number of primary amides is 1. The van der Waals surface area contributed by atoms with Crippen LogP contribution in [0.5, 0.6) is 5.75 Å². The van der Waals surface area contributed by atoms with Crippen molar-refractivity contribution in [3.8, 4) is 16.9 Å². The van der Waals surface area contributed by atoms with Crippen LogP contribution in [-0.4, -0.2) is 15.6 Å². The summed E-state index contributed by atoms with van der Waals surface area (Å²) in [5, 5.41) is 13.0. The molecule has 0 spiro atoms. The number of fused-ring (bicyclic) bond motifs is 3. The number of aryl methyl sites for hydroxylation is 1. The molecule has 5 heteroatoms. The van der Waals surface area contributed by atoms with E-state index in [1.54, 1.807) is 12.1 Å². The number of hydrogen-bond acceptors (Lipinski definition) is 2. The largest absolute Gasteiger partial charge is 0.507 e. The minimum atomic E-state index is -0.522. The van der Waals surface area contributed by atoms with Crippen molar-refractivity contribution in [2.45, 2.75) is 13.5 Å². The Kier molecular flexibility index (Phi) is 4.87. The molecule has 1 amide bonds. The molecule has 0 aliphatic rings. The summed E-state index contributed by atoms with van der Waals surface area (Å²) in [6.45, 7) is 2.65. The SMILES string of the molecule is Cc1cccc(Cn2c3cc(-c4ccc(Cl)cc4)cc(O)c3c3c(C(N)=O)cccc32)c1. The number of halogens is 1. The highest BCUT2D eigenvalue weighted by atomic mass is 35.5. The molecule has 0 fully saturated rings. The highest BCUT2D eigenvalue weighted by molar-refractivity contribution is 6.30. The van der Waals surface area contributed by atoms with Gasteiger partial charge in [-0.2, -0.15) is 0 Å². The van der Waals surface area contributed by atoms with Gasteiger partial charge in [-0.15, -0.1) is 0 Å². The Morgan fingerprint density at radius 2 is 1.66 bits per heavy atom. The fourth-order valence-electron chi connectivity index (χ4n) is 4.42. The van der Waals surface area contributed by atoms with Gasteiger partial charge in [0.1, 0.15) is 5.75 Å². The van der Waals surface area contributed by atoms with Crippen LogP contribution in [0.1, 0.15) is 21.5 Å². The van der Waals surface area contributed by atoms with Crippen LogP contribution in [0.2, 0.25) is 5.02 Å². The Morgan fingerprint density at radius 3 is 2.38 bits per heavy atom. The molecule has 1 aromatic heterocycles. The van der Waals surface area contributed by atoms with Gasteiger partial charge in [0.15, 0.2) is 0 Å². The number of benzene rings is 4. The Balaban J connectivity index is 1.84. The van der Waals surface area contributed by atoms with E-state index in [2.05, 4.69) is 29.7 Å². The van der Waals surface area contributed by atoms with Gasteiger partial charge in [0, 0.05) is 22.5 Å². The molecule has 0 radical (unpaired) electrons. The van der Waals surface area contributed by atoms with Crippen molar-refractivity contribution in [1.82, 2.24) is 4.57 Å². The molecule has 32 heavy (non-hydrogen) atoms. The molecule has 0 bridgehead atoms. The van der Waals surface area contributed by atoms with Crippen molar-refractivity contribution in [3.63, 3.8) is 0 Å². The summed E-state index contributed by atoms with van der Waals surface area (Å²) < 4.78 is 2.13. The number of carbonyl (C=O) groups is 1. The first-order chi connectivity index (χ1) is 15.4. The van der Waals surface area contributed by atoms with Gasteiger partial charge in [0.05, 0.1) is 16.4 Å². The highest BCUT2D eigenvalue weighted by Gasteiger charge is 2.20. The van der Waals surface area contributed by atoms with E-state index in [9.17, 15) is 9.90 Å². The van der Waals surface area contributed by atoms with E-state index < -0.39 is 5.91 Å². The normalized spacial score (nSPS) is 11.3. The summed E-state index contributed by atoms with van der Waals surface area (Å²) in [4.78, 5) is 12.2. The number of nitrogens with two attached hydrogens (primary N) is 1. The molecule has 0 aliphatic heterocycles. The topological polar surface area (TPSA) is 68.2 Å². The van der Waals surface area contributed by atoms with E-state index in [4.69, 9.17) is 17.3 Å². The van der Waals surface area contributed by atoms with Gasteiger partial charge < -0.3 is 15.4 Å². The zero-order valence-electron chi connectivity index (χ0n) is 17.5. The molecule has 0 saturated heterocycles. The van der Waals surface area contributed by atoms with Gasteiger partial charge in [-0.3, -0.25) is 4.79 Å². The Bertz CT molecular complexity index is 1500. The lowest BCUT2D eigenvalue weighted by Crippen LogP contribution is -2.11. The van der Waals surface area contributed by atoms with Crippen LogP contribution in [0, 0.1) is 6.92 Å². The van der Waals surface area contributed by atoms with Crippen LogP contribution in [0.25, 0.3) is 32.9 Å². The number of carbonyl (C=O) groups excluding carboxylic acids is 1. The zero-order chi connectivity index (χ0) is 22.4. The van der Waals surface area contributed by atoms with E-state index in [-0.39, 0.29) is 5.75 Å². The summed E-state index contributed by atoms with van der Waals surface area (Å²) in [5.41, 5.74) is 11.9. The lowest BCUT2D eigenvalue weighted by atomic mass is 10.0. The van der Waals surface area contributed by atoms with Crippen molar-refractivity contribution in [3.05, 3.63) is 101 Å². The second-order valence-corrected chi connectivity index (χ2v) is 8.47. The van der Waals surface area contributed by atoms with Crippen LogP contribution in [0.15, 0.2) is 78.9 Å². The molecule has 5 aromatic rings. The predicted octanol–water partition coefficient (Wildman–Crippen LogP) is 6.28. The Labute approximate surface area is 190 Å². The molecule has 3 N–H and O–H groups in total. The summed E-state index contributed by atoms with van der Waals surface area (Å²) >= 11 is 6.06. The van der Waals surface area contributed by atoms with Crippen molar-refractivity contribution in [1.29, 1.82) is 0 Å². The van der Waals surface area contributed by atoms with Crippen LogP contribution < -0.4 is 5.73 Å². The van der Waals surface area contributed by atoms with Crippen molar-refractivity contribution >= 4 is 39.3 Å².